The smallest absolute Gasteiger partial charge is 0.182 e. The highest BCUT2D eigenvalue weighted by Crippen LogP contribution is 2.24. The van der Waals surface area contributed by atoms with Crippen molar-refractivity contribution in [3.05, 3.63) is 23.8 Å². The van der Waals surface area contributed by atoms with E-state index in [1.165, 1.54) is 0 Å². The Morgan fingerprint density at radius 2 is 2.11 bits per heavy atom. The lowest BCUT2D eigenvalue weighted by atomic mass is 10.1. The van der Waals surface area contributed by atoms with Crippen LogP contribution in [0.2, 0.25) is 0 Å². The van der Waals surface area contributed by atoms with Crippen molar-refractivity contribution in [1.82, 2.24) is 20.2 Å². The van der Waals surface area contributed by atoms with E-state index in [2.05, 4.69) is 29.4 Å². The van der Waals surface area contributed by atoms with Gasteiger partial charge in [0, 0.05) is 17.8 Å². The van der Waals surface area contributed by atoms with Gasteiger partial charge < -0.3 is 5.73 Å². The third-order valence-electron chi connectivity index (χ3n) is 3.07. The predicted molar refractivity (Wildman–Crippen MR) is 71.9 cm³/mol. The van der Waals surface area contributed by atoms with Gasteiger partial charge in [-0.15, -0.1) is 5.10 Å². The molecule has 2 aromatic rings. The van der Waals surface area contributed by atoms with E-state index in [0.717, 1.165) is 35.6 Å². The van der Waals surface area contributed by atoms with Crippen LogP contribution in [-0.4, -0.2) is 20.2 Å². The first-order chi connectivity index (χ1) is 8.59. The zero-order chi connectivity index (χ0) is 13.1. The standard InChI is InChI=1S/C13H19N5/c1-9(2)7-8-18-13(15-16-17-18)11-5-4-6-12(14)10(11)3/h4-6,9H,7-8,14H2,1-3H3. The maximum Gasteiger partial charge on any atom is 0.182 e. The molecule has 1 aromatic heterocycles. The van der Waals surface area contributed by atoms with Crippen LogP contribution < -0.4 is 5.73 Å². The second kappa shape index (κ2) is 5.16. The van der Waals surface area contributed by atoms with Crippen LogP contribution in [0.5, 0.6) is 0 Å². The Balaban J connectivity index is 2.33. The van der Waals surface area contributed by atoms with E-state index < -0.39 is 0 Å². The minimum atomic E-state index is 0.629. The van der Waals surface area contributed by atoms with Crippen LogP contribution in [0.25, 0.3) is 11.4 Å². The lowest BCUT2D eigenvalue weighted by Gasteiger charge is -2.09. The monoisotopic (exact) mass is 245 g/mol. The fourth-order valence-corrected chi connectivity index (χ4v) is 1.82. The van der Waals surface area contributed by atoms with Crippen molar-refractivity contribution in [2.75, 3.05) is 5.73 Å². The van der Waals surface area contributed by atoms with Gasteiger partial charge in [-0.25, -0.2) is 4.68 Å². The van der Waals surface area contributed by atoms with E-state index in [1.54, 1.807) is 0 Å². The Morgan fingerprint density at radius 1 is 1.33 bits per heavy atom. The van der Waals surface area contributed by atoms with E-state index in [9.17, 15) is 0 Å². The minimum Gasteiger partial charge on any atom is -0.398 e. The highest BCUT2D eigenvalue weighted by Gasteiger charge is 2.12. The molecule has 18 heavy (non-hydrogen) atoms. The number of rotatable bonds is 4. The van der Waals surface area contributed by atoms with Crippen molar-refractivity contribution in [3.8, 4) is 11.4 Å². The second-order valence-electron chi connectivity index (χ2n) is 4.93. The summed E-state index contributed by atoms with van der Waals surface area (Å²) < 4.78 is 1.85. The number of benzene rings is 1. The molecular weight excluding hydrogens is 226 g/mol. The number of anilines is 1. The molecule has 5 heteroatoms. The molecule has 0 spiro atoms. The Hall–Kier alpha value is -1.91. The molecule has 96 valence electrons. The van der Waals surface area contributed by atoms with Crippen molar-refractivity contribution in [2.24, 2.45) is 5.92 Å². The summed E-state index contributed by atoms with van der Waals surface area (Å²) in [5.41, 5.74) is 8.72. The molecule has 0 aliphatic heterocycles. The first kappa shape index (κ1) is 12.5. The number of aromatic nitrogens is 4. The van der Waals surface area contributed by atoms with Gasteiger partial charge in [0.05, 0.1) is 0 Å². The maximum atomic E-state index is 5.92. The molecule has 1 aromatic carbocycles. The average Bonchev–Trinajstić information content (AvgIpc) is 2.78. The zero-order valence-electron chi connectivity index (χ0n) is 11.1. The van der Waals surface area contributed by atoms with Crippen LogP contribution in [0.3, 0.4) is 0 Å². The lowest BCUT2D eigenvalue weighted by Crippen LogP contribution is -2.06. The van der Waals surface area contributed by atoms with E-state index in [4.69, 9.17) is 5.73 Å². The van der Waals surface area contributed by atoms with Crippen LogP contribution in [-0.2, 0) is 6.54 Å². The Bertz CT molecular complexity index is 530. The molecule has 1 heterocycles. The van der Waals surface area contributed by atoms with Crippen molar-refractivity contribution in [3.63, 3.8) is 0 Å². The highest BCUT2D eigenvalue weighted by molar-refractivity contribution is 5.67. The molecule has 0 amide bonds. The molecule has 0 atom stereocenters. The second-order valence-corrected chi connectivity index (χ2v) is 4.93. The van der Waals surface area contributed by atoms with E-state index in [1.807, 2.05) is 29.8 Å². The minimum absolute atomic E-state index is 0.629. The number of aryl methyl sites for hydroxylation is 1. The first-order valence-corrected chi connectivity index (χ1v) is 6.21. The third-order valence-corrected chi connectivity index (χ3v) is 3.07. The summed E-state index contributed by atoms with van der Waals surface area (Å²) in [6.45, 7) is 7.20. The molecule has 0 fully saturated rings. The normalized spacial score (nSPS) is 11.1. The van der Waals surface area contributed by atoms with Gasteiger partial charge in [-0.1, -0.05) is 26.0 Å². The van der Waals surface area contributed by atoms with Crippen molar-refractivity contribution >= 4 is 5.69 Å². The number of tetrazole rings is 1. The molecule has 2 N–H and O–H groups in total. The third kappa shape index (κ3) is 2.50. The van der Waals surface area contributed by atoms with E-state index >= 15 is 0 Å². The van der Waals surface area contributed by atoms with Gasteiger partial charge >= 0.3 is 0 Å². The SMILES string of the molecule is Cc1c(N)cccc1-c1nnnn1CCC(C)C. The van der Waals surface area contributed by atoms with E-state index in [-0.39, 0.29) is 0 Å². The summed E-state index contributed by atoms with van der Waals surface area (Å²) in [6, 6.07) is 5.82. The summed E-state index contributed by atoms with van der Waals surface area (Å²) in [5.74, 6) is 1.42. The highest BCUT2D eigenvalue weighted by atomic mass is 15.5. The molecule has 0 aliphatic rings. The number of hydrogen-bond acceptors (Lipinski definition) is 4. The van der Waals surface area contributed by atoms with Gasteiger partial charge in [0.2, 0.25) is 0 Å². The topological polar surface area (TPSA) is 69.6 Å². The Kier molecular flexibility index (Phi) is 3.60. The number of nitrogens with two attached hydrogens (primary N) is 1. The van der Waals surface area contributed by atoms with Crippen LogP contribution in [0, 0.1) is 12.8 Å². The molecule has 2 rings (SSSR count). The van der Waals surface area contributed by atoms with Gasteiger partial charge in [0.1, 0.15) is 0 Å². The molecule has 0 aliphatic carbocycles. The Labute approximate surface area is 107 Å². The fourth-order valence-electron chi connectivity index (χ4n) is 1.82. The molecule has 0 saturated heterocycles. The summed E-state index contributed by atoms with van der Waals surface area (Å²) in [7, 11) is 0. The van der Waals surface area contributed by atoms with E-state index in [0.29, 0.717) is 5.92 Å². The molecule has 0 bridgehead atoms. The quantitative estimate of drug-likeness (QED) is 0.839. The van der Waals surface area contributed by atoms with Crippen LogP contribution in [0.1, 0.15) is 25.8 Å². The first-order valence-electron chi connectivity index (χ1n) is 6.21. The molecule has 0 unspecified atom stereocenters. The van der Waals surface area contributed by atoms with Crippen molar-refractivity contribution in [1.29, 1.82) is 0 Å². The number of nitrogens with zero attached hydrogens (tertiary/aromatic N) is 4. The summed E-state index contributed by atoms with van der Waals surface area (Å²) in [5, 5.41) is 11.9. The van der Waals surface area contributed by atoms with Gasteiger partial charge in [-0.05, 0) is 41.3 Å². The van der Waals surface area contributed by atoms with Crippen LogP contribution in [0.4, 0.5) is 5.69 Å². The van der Waals surface area contributed by atoms with Gasteiger partial charge in [-0.3, -0.25) is 0 Å². The summed E-state index contributed by atoms with van der Waals surface area (Å²) >= 11 is 0. The fraction of sp³-hybridized carbons (Fsp3) is 0.462. The molecule has 5 nitrogen and oxygen atoms in total. The molecule has 0 radical (unpaired) electrons. The van der Waals surface area contributed by atoms with Crippen LogP contribution in [0.15, 0.2) is 18.2 Å². The summed E-state index contributed by atoms with van der Waals surface area (Å²) in [6.07, 6.45) is 1.05. The molecular formula is C13H19N5. The largest absolute Gasteiger partial charge is 0.398 e. The maximum absolute atomic E-state index is 5.92. The molecule has 0 saturated carbocycles. The zero-order valence-corrected chi connectivity index (χ0v) is 11.1. The van der Waals surface area contributed by atoms with Crippen molar-refractivity contribution < 1.29 is 0 Å². The van der Waals surface area contributed by atoms with Crippen LogP contribution >= 0.6 is 0 Å². The summed E-state index contributed by atoms with van der Waals surface area (Å²) in [4.78, 5) is 0. The van der Waals surface area contributed by atoms with Crippen molar-refractivity contribution in [2.45, 2.75) is 33.7 Å². The van der Waals surface area contributed by atoms with Gasteiger partial charge in [-0.2, -0.15) is 0 Å². The van der Waals surface area contributed by atoms with Gasteiger partial charge in [0.15, 0.2) is 5.82 Å². The Morgan fingerprint density at radius 3 is 2.83 bits per heavy atom. The predicted octanol–water partition coefficient (Wildman–Crippen LogP) is 2.28. The number of nitrogen functional groups attached to an aromatic ring is 1. The number of hydrogen-bond donors (Lipinski definition) is 1. The average molecular weight is 245 g/mol. The lowest BCUT2D eigenvalue weighted by molar-refractivity contribution is 0.481. The van der Waals surface area contributed by atoms with Gasteiger partial charge in [0.25, 0.3) is 0 Å².